The van der Waals surface area contributed by atoms with Gasteiger partial charge in [-0.25, -0.2) is 0 Å². The van der Waals surface area contributed by atoms with Crippen LogP contribution in [-0.2, 0) is 0 Å². The van der Waals surface area contributed by atoms with E-state index in [1.165, 1.54) is 0 Å². The van der Waals surface area contributed by atoms with Crippen LogP contribution in [0.1, 0.15) is 5.56 Å². The van der Waals surface area contributed by atoms with Gasteiger partial charge in [0.05, 0.1) is 10.7 Å². The molecule has 0 unspecified atom stereocenters. The van der Waals surface area contributed by atoms with Gasteiger partial charge in [0.15, 0.2) is 0 Å². The number of rotatable bonds is 2. The summed E-state index contributed by atoms with van der Waals surface area (Å²) in [5.74, 6) is 0. The maximum atomic E-state index is 6.23. The number of anilines is 3. The molecule has 2 aromatic carbocycles. The second-order valence-electron chi connectivity index (χ2n) is 4.73. The van der Waals surface area contributed by atoms with E-state index in [0.29, 0.717) is 5.02 Å². The minimum absolute atomic E-state index is 0.685. The molecule has 0 spiro atoms. The molecule has 1 aromatic heterocycles. The highest BCUT2D eigenvalue weighted by molar-refractivity contribution is 6.33. The largest absolute Gasteiger partial charge is 0.398 e. The highest BCUT2D eigenvalue weighted by Gasteiger charge is 2.06. The minimum atomic E-state index is 0.685. The van der Waals surface area contributed by atoms with E-state index in [2.05, 4.69) is 10.3 Å². The van der Waals surface area contributed by atoms with Gasteiger partial charge in [-0.15, -0.1) is 0 Å². The summed E-state index contributed by atoms with van der Waals surface area (Å²) in [6.45, 7) is 2.03. The van der Waals surface area contributed by atoms with Gasteiger partial charge in [0, 0.05) is 34.5 Å². The fraction of sp³-hybridized carbons (Fsp3) is 0.0625. The van der Waals surface area contributed by atoms with Crippen molar-refractivity contribution in [3.8, 4) is 0 Å². The van der Waals surface area contributed by atoms with Crippen LogP contribution in [0.25, 0.3) is 10.8 Å². The number of nitrogens with zero attached hydrogens (tertiary/aromatic N) is 1. The zero-order valence-electron chi connectivity index (χ0n) is 11.0. The Labute approximate surface area is 122 Å². The van der Waals surface area contributed by atoms with Crippen LogP contribution in [0, 0.1) is 6.92 Å². The first-order chi connectivity index (χ1) is 9.65. The van der Waals surface area contributed by atoms with Crippen LogP contribution in [0.4, 0.5) is 17.1 Å². The molecular weight excluding hydrogens is 270 g/mol. The summed E-state index contributed by atoms with van der Waals surface area (Å²) >= 11 is 6.23. The predicted octanol–water partition coefficient (Wildman–Crippen LogP) is 4.52. The lowest BCUT2D eigenvalue weighted by Crippen LogP contribution is -1.95. The SMILES string of the molecule is Cc1ccc(Cl)c(Nc2ccc(N)c3ccncc23)c1. The predicted molar refractivity (Wildman–Crippen MR) is 85.6 cm³/mol. The zero-order chi connectivity index (χ0) is 14.1. The fourth-order valence-corrected chi connectivity index (χ4v) is 2.37. The van der Waals surface area contributed by atoms with Gasteiger partial charge < -0.3 is 11.1 Å². The van der Waals surface area contributed by atoms with Crippen LogP contribution in [0.2, 0.25) is 5.02 Å². The Hall–Kier alpha value is -2.26. The molecule has 0 bridgehead atoms. The quantitative estimate of drug-likeness (QED) is 0.680. The van der Waals surface area contributed by atoms with Crippen molar-refractivity contribution in [2.75, 3.05) is 11.1 Å². The maximum absolute atomic E-state index is 6.23. The van der Waals surface area contributed by atoms with Gasteiger partial charge in [-0.1, -0.05) is 17.7 Å². The molecule has 0 aliphatic heterocycles. The number of aromatic nitrogens is 1. The van der Waals surface area contributed by atoms with Gasteiger partial charge in [0.1, 0.15) is 0 Å². The van der Waals surface area contributed by atoms with Gasteiger partial charge in [-0.3, -0.25) is 4.98 Å². The summed E-state index contributed by atoms with van der Waals surface area (Å²) < 4.78 is 0. The number of hydrogen-bond acceptors (Lipinski definition) is 3. The molecule has 4 heteroatoms. The molecule has 3 aromatic rings. The topological polar surface area (TPSA) is 50.9 Å². The molecule has 0 atom stereocenters. The summed E-state index contributed by atoms with van der Waals surface area (Å²) in [7, 11) is 0. The van der Waals surface area contributed by atoms with E-state index in [-0.39, 0.29) is 0 Å². The van der Waals surface area contributed by atoms with E-state index >= 15 is 0 Å². The average Bonchev–Trinajstić information content (AvgIpc) is 2.46. The molecule has 0 fully saturated rings. The number of nitrogens with two attached hydrogens (primary N) is 1. The zero-order valence-corrected chi connectivity index (χ0v) is 11.8. The summed E-state index contributed by atoms with van der Waals surface area (Å²) in [5.41, 5.74) is 9.69. The molecule has 3 rings (SSSR count). The molecule has 0 radical (unpaired) electrons. The Morgan fingerprint density at radius 1 is 1.05 bits per heavy atom. The second-order valence-corrected chi connectivity index (χ2v) is 5.14. The molecule has 1 heterocycles. The first-order valence-electron chi connectivity index (χ1n) is 6.30. The summed E-state index contributed by atoms with van der Waals surface area (Å²) in [4.78, 5) is 4.17. The van der Waals surface area contributed by atoms with Gasteiger partial charge in [-0.05, 0) is 42.8 Å². The van der Waals surface area contributed by atoms with Crippen LogP contribution < -0.4 is 11.1 Å². The standard InChI is InChI=1S/C16H14ClN3/c1-10-2-3-13(17)16(8-10)20-15-5-4-14(18)11-6-7-19-9-12(11)15/h2-9,20H,18H2,1H3. The van der Waals surface area contributed by atoms with Crippen molar-refractivity contribution in [1.82, 2.24) is 4.98 Å². The van der Waals surface area contributed by atoms with Crippen LogP contribution in [0.5, 0.6) is 0 Å². The maximum Gasteiger partial charge on any atom is 0.0641 e. The number of aryl methyl sites for hydroxylation is 1. The van der Waals surface area contributed by atoms with Gasteiger partial charge in [0.25, 0.3) is 0 Å². The van der Waals surface area contributed by atoms with Crippen molar-refractivity contribution < 1.29 is 0 Å². The molecule has 0 amide bonds. The lowest BCUT2D eigenvalue weighted by atomic mass is 10.1. The minimum Gasteiger partial charge on any atom is -0.398 e. The van der Waals surface area contributed by atoms with E-state index in [9.17, 15) is 0 Å². The summed E-state index contributed by atoms with van der Waals surface area (Å²) in [6.07, 6.45) is 3.54. The third-order valence-corrected chi connectivity index (χ3v) is 3.57. The Morgan fingerprint density at radius 3 is 2.75 bits per heavy atom. The number of benzene rings is 2. The number of halogens is 1. The monoisotopic (exact) mass is 283 g/mol. The Morgan fingerprint density at radius 2 is 1.90 bits per heavy atom. The van der Waals surface area contributed by atoms with Crippen LogP contribution >= 0.6 is 11.6 Å². The number of nitrogens with one attached hydrogen (secondary N) is 1. The molecule has 3 nitrogen and oxygen atoms in total. The van der Waals surface area contributed by atoms with Gasteiger partial charge in [-0.2, -0.15) is 0 Å². The smallest absolute Gasteiger partial charge is 0.0641 e. The Bertz CT molecular complexity index is 784. The van der Waals surface area contributed by atoms with E-state index in [1.807, 2.05) is 43.3 Å². The average molecular weight is 284 g/mol. The van der Waals surface area contributed by atoms with Gasteiger partial charge in [0.2, 0.25) is 0 Å². The van der Waals surface area contributed by atoms with Gasteiger partial charge >= 0.3 is 0 Å². The number of hydrogen-bond donors (Lipinski definition) is 2. The fourth-order valence-electron chi connectivity index (χ4n) is 2.20. The highest BCUT2D eigenvalue weighted by Crippen LogP contribution is 2.32. The van der Waals surface area contributed by atoms with E-state index in [0.717, 1.165) is 33.4 Å². The Kier molecular flexibility index (Phi) is 3.20. The Balaban J connectivity index is 2.11. The van der Waals surface area contributed by atoms with Crippen LogP contribution in [-0.4, -0.2) is 4.98 Å². The van der Waals surface area contributed by atoms with Crippen molar-refractivity contribution >= 4 is 39.4 Å². The first-order valence-corrected chi connectivity index (χ1v) is 6.68. The van der Waals surface area contributed by atoms with Crippen molar-refractivity contribution in [1.29, 1.82) is 0 Å². The molecule has 0 aliphatic rings. The van der Waals surface area contributed by atoms with E-state index < -0.39 is 0 Å². The molecule has 0 saturated heterocycles. The van der Waals surface area contributed by atoms with Crippen molar-refractivity contribution in [3.05, 3.63) is 59.4 Å². The normalized spacial score (nSPS) is 10.7. The molecule has 20 heavy (non-hydrogen) atoms. The van der Waals surface area contributed by atoms with Crippen molar-refractivity contribution in [2.45, 2.75) is 6.92 Å². The highest BCUT2D eigenvalue weighted by atomic mass is 35.5. The van der Waals surface area contributed by atoms with Crippen LogP contribution in [0.3, 0.4) is 0 Å². The number of pyridine rings is 1. The molecule has 100 valence electrons. The summed E-state index contributed by atoms with van der Waals surface area (Å²) in [6, 6.07) is 11.6. The van der Waals surface area contributed by atoms with Crippen molar-refractivity contribution in [2.24, 2.45) is 0 Å². The van der Waals surface area contributed by atoms with E-state index in [1.54, 1.807) is 12.4 Å². The third-order valence-electron chi connectivity index (χ3n) is 3.24. The number of nitrogen functional groups attached to an aromatic ring is 1. The lowest BCUT2D eigenvalue weighted by molar-refractivity contribution is 1.36. The molecule has 0 saturated carbocycles. The lowest BCUT2D eigenvalue weighted by Gasteiger charge is -2.12. The first kappa shape index (κ1) is 12.8. The summed E-state index contributed by atoms with van der Waals surface area (Å²) in [5, 5.41) is 6.00. The molecule has 3 N–H and O–H groups in total. The van der Waals surface area contributed by atoms with E-state index in [4.69, 9.17) is 17.3 Å². The van der Waals surface area contributed by atoms with Crippen LogP contribution in [0.15, 0.2) is 48.8 Å². The second kappa shape index (κ2) is 5.02. The third kappa shape index (κ3) is 2.28. The molecule has 0 aliphatic carbocycles. The molecular formula is C16H14ClN3. The van der Waals surface area contributed by atoms with Crippen molar-refractivity contribution in [3.63, 3.8) is 0 Å². The number of fused-ring (bicyclic) bond motifs is 1.